The number of carbonyl (C=O) groups excluding carboxylic acids is 1. The summed E-state index contributed by atoms with van der Waals surface area (Å²) in [6.07, 6.45) is 4.22. The molecule has 0 unspecified atom stereocenters. The van der Waals surface area contributed by atoms with Gasteiger partial charge in [-0.15, -0.1) is 0 Å². The zero-order chi connectivity index (χ0) is 14.9. The average molecular weight is 283 g/mol. The van der Waals surface area contributed by atoms with Crippen LogP contribution in [0, 0.1) is 17.2 Å². The summed E-state index contributed by atoms with van der Waals surface area (Å²) in [4.78, 5) is 14.4. The maximum atomic E-state index is 12.3. The van der Waals surface area contributed by atoms with Gasteiger partial charge in [-0.2, -0.15) is 5.26 Å². The molecule has 0 radical (unpaired) electrons. The third-order valence-corrected chi connectivity index (χ3v) is 4.57. The van der Waals surface area contributed by atoms with E-state index >= 15 is 0 Å². The lowest BCUT2D eigenvalue weighted by atomic mass is 9.97. The number of anilines is 1. The SMILES string of the molecule is C[C@@](C#N)(NC(=O)CN1CCCc2ccccc21)C1CC1. The fraction of sp³-hybridized carbons (Fsp3) is 0.529. The summed E-state index contributed by atoms with van der Waals surface area (Å²) < 4.78 is 0. The van der Waals surface area contributed by atoms with E-state index in [9.17, 15) is 10.1 Å². The molecule has 1 aromatic carbocycles. The van der Waals surface area contributed by atoms with Crippen molar-refractivity contribution in [1.29, 1.82) is 5.26 Å². The third-order valence-electron chi connectivity index (χ3n) is 4.57. The Morgan fingerprint density at radius 2 is 2.24 bits per heavy atom. The van der Waals surface area contributed by atoms with Gasteiger partial charge in [0.15, 0.2) is 0 Å². The molecule has 4 heteroatoms. The maximum absolute atomic E-state index is 12.3. The highest BCUT2D eigenvalue weighted by atomic mass is 16.2. The number of nitrogens with one attached hydrogen (secondary N) is 1. The Kier molecular flexibility index (Phi) is 3.59. The first kappa shape index (κ1) is 13.9. The minimum atomic E-state index is -0.702. The summed E-state index contributed by atoms with van der Waals surface area (Å²) in [5, 5.41) is 12.3. The lowest BCUT2D eigenvalue weighted by Gasteiger charge is -2.32. The molecule has 1 saturated carbocycles. The molecule has 0 spiro atoms. The Hall–Kier alpha value is -2.02. The van der Waals surface area contributed by atoms with E-state index in [0.717, 1.165) is 37.9 Å². The van der Waals surface area contributed by atoms with Gasteiger partial charge in [0.1, 0.15) is 5.54 Å². The second kappa shape index (κ2) is 5.40. The molecule has 1 heterocycles. The van der Waals surface area contributed by atoms with Crippen molar-refractivity contribution in [1.82, 2.24) is 5.32 Å². The number of para-hydroxylation sites is 1. The van der Waals surface area contributed by atoms with Crippen LogP contribution in [-0.2, 0) is 11.2 Å². The smallest absolute Gasteiger partial charge is 0.240 e. The third kappa shape index (κ3) is 2.87. The summed E-state index contributed by atoms with van der Waals surface area (Å²) in [5.41, 5.74) is 1.76. The first-order valence-corrected chi connectivity index (χ1v) is 7.67. The largest absolute Gasteiger partial charge is 0.362 e. The highest BCUT2D eigenvalue weighted by Gasteiger charge is 2.43. The summed E-state index contributed by atoms with van der Waals surface area (Å²) >= 11 is 0. The fourth-order valence-corrected chi connectivity index (χ4v) is 3.16. The topological polar surface area (TPSA) is 56.1 Å². The lowest BCUT2D eigenvalue weighted by Crippen LogP contribution is -2.50. The maximum Gasteiger partial charge on any atom is 0.240 e. The molecule has 1 aliphatic carbocycles. The van der Waals surface area contributed by atoms with Crippen molar-refractivity contribution in [2.45, 2.75) is 38.1 Å². The Balaban J connectivity index is 1.67. The molecule has 1 aliphatic heterocycles. The Labute approximate surface area is 125 Å². The summed E-state index contributed by atoms with van der Waals surface area (Å²) in [6, 6.07) is 10.5. The number of hydrogen-bond acceptors (Lipinski definition) is 3. The number of hydrogen-bond donors (Lipinski definition) is 1. The molecular weight excluding hydrogens is 262 g/mol. The number of nitrogens with zero attached hydrogens (tertiary/aromatic N) is 2. The van der Waals surface area contributed by atoms with Crippen molar-refractivity contribution in [2.24, 2.45) is 5.92 Å². The van der Waals surface area contributed by atoms with Gasteiger partial charge >= 0.3 is 0 Å². The van der Waals surface area contributed by atoms with Gasteiger partial charge in [-0.05, 0) is 50.2 Å². The predicted octanol–water partition coefficient (Wildman–Crippen LogP) is 2.25. The molecule has 1 amide bonds. The van der Waals surface area contributed by atoms with Crippen LogP contribution < -0.4 is 10.2 Å². The van der Waals surface area contributed by atoms with Gasteiger partial charge in [-0.25, -0.2) is 0 Å². The van der Waals surface area contributed by atoms with Crippen molar-refractivity contribution in [3.63, 3.8) is 0 Å². The second-order valence-electron chi connectivity index (χ2n) is 6.29. The van der Waals surface area contributed by atoms with Gasteiger partial charge in [0.2, 0.25) is 5.91 Å². The molecule has 21 heavy (non-hydrogen) atoms. The standard InChI is InChI=1S/C17H21N3O/c1-17(12-18,14-8-9-14)19-16(21)11-20-10-4-6-13-5-2-3-7-15(13)20/h2-3,5,7,14H,4,6,8-11H2,1H3,(H,19,21)/t17-/m0/s1. The van der Waals surface area contributed by atoms with Gasteiger partial charge in [0.25, 0.3) is 0 Å². The van der Waals surface area contributed by atoms with Crippen LogP contribution in [-0.4, -0.2) is 24.5 Å². The van der Waals surface area contributed by atoms with Crippen molar-refractivity contribution >= 4 is 11.6 Å². The van der Waals surface area contributed by atoms with E-state index < -0.39 is 5.54 Å². The lowest BCUT2D eigenvalue weighted by molar-refractivity contribution is -0.121. The monoisotopic (exact) mass is 283 g/mol. The number of aryl methyl sites for hydroxylation is 1. The molecule has 4 nitrogen and oxygen atoms in total. The van der Waals surface area contributed by atoms with Crippen LogP contribution in [0.3, 0.4) is 0 Å². The number of benzene rings is 1. The van der Waals surface area contributed by atoms with Crippen LogP contribution in [0.25, 0.3) is 0 Å². The first-order chi connectivity index (χ1) is 10.1. The van der Waals surface area contributed by atoms with E-state index in [0.29, 0.717) is 12.5 Å². The van der Waals surface area contributed by atoms with Crippen LogP contribution in [0.2, 0.25) is 0 Å². The quantitative estimate of drug-likeness (QED) is 0.922. The van der Waals surface area contributed by atoms with E-state index in [4.69, 9.17) is 0 Å². The van der Waals surface area contributed by atoms with Gasteiger partial charge < -0.3 is 10.2 Å². The molecule has 0 bridgehead atoms. The number of carbonyl (C=O) groups is 1. The van der Waals surface area contributed by atoms with Crippen LogP contribution in [0.1, 0.15) is 31.7 Å². The second-order valence-corrected chi connectivity index (χ2v) is 6.29. The van der Waals surface area contributed by atoms with E-state index in [-0.39, 0.29) is 5.91 Å². The van der Waals surface area contributed by atoms with Crippen LogP contribution >= 0.6 is 0 Å². The summed E-state index contributed by atoms with van der Waals surface area (Å²) in [7, 11) is 0. The van der Waals surface area contributed by atoms with Crippen LogP contribution in [0.15, 0.2) is 24.3 Å². The van der Waals surface area contributed by atoms with E-state index in [1.807, 2.05) is 19.1 Å². The normalized spacial score (nSPS) is 20.1. The van der Waals surface area contributed by atoms with Gasteiger partial charge in [-0.1, -0.05) is 18.2 Å². The zero-order valence-electron chi connectivity index (χ0n) is 12.4. The highest BCUT2D eigenvalue weighted by molar-refractivity contribution is 5.83. The Morgan fingerprint density at radius 3 is 2.95 bits per heavy atom. The number of fused-ring (bicyclic) bond motifs is 1. The van der Waals surface area contributed by atoms with Gasteiger partial charge in [0.05, 0.1) is 12.6 Å². The highest BCUT2D eigenvalue weighted by Crippen LogP contribution is 2.39. The number of nitriles is 1. The average Bonchev–Trinajstić information content (AvgIpc) is 3.32. The van der Waals surface area contributed by atoms with Crippen molar-refractivity contribution in [2.75, 3.05) is 18.0 Å². The van der Waals surface area contributed by atoms with Gasteiger partial charge in [0, 0.05) is 12.2 Å². The molecule has 1 aromatic rings. The molecular formula is C17H21N3O. The molecule has 0 saturated heterocycles. The van der Waals surface area contributed by atoms with Crippen LogP contribution in [0.4, 0.5) is 5.69 Å². The minimum absolute atomic E-state index is 0.0531. The number of rotatable bonds is 4. The molecule has 0 aromatic heterocycles. The Bertz CT molecular complexity index is 588. The zero-order valence-corrected chi connectivity index (χ0v) is 12.4. The van der Waals surface area contributed by atoms with Gasteiger partial charge in [-0.3, -0.25) is 4.79 Å². The molecule has 3 rings (SSSR count). The van der Waals surface area contributed by atoms with Crippen molar-refractivity contribution in [3.05, 3.63) is 29.8 Å². The molecule has 1 atom stereocenters. The van der Waals surface area contributed by atoms with Crippen molar-refractivity contribution in [3.8, 4) is 6.07 Å². The molecule has 110 valence electrons. The summed E-state index contributed by atoms with van der Waals surface area (Å²) in [6.45, 7) is 3.07. The van der Waals surface area contributed by atoms with Crippen LogP contribution in [0.5, 0.6) is 0 Å². The number of amides is 1. The first-order valence-electron chi connectivity index (χ1n) is 7.67. The molecule has 1 fully saturated rings. The predicted molar refractivity (Wildman–Crippen MR) is 81.9 cm³/mol. The van der Waals surface area contributed by atoms with E-state index in [1.165, 1.54) is 5.56 Å². The minimum Gasteiger partial charge on any atom is -0.362 e. The summed E-state index contributed by atoms with van der Waals surface area (Å²) in [5.74, 6) is 0.266. The van der Waals surface area contributed by atoms with E-state index in [1.54, 1.807) is 0 Å². The van der Waals surface area contributed by atoms with E-state index in [2.05, 4.69) is 28.4 Å². The molecule has 1 N–H and O–H groups in total. The Morgan fingerprint density at radius 1 is 1.48 bits per heavy atom. The van der Waals surface area contributed by atoms with Crippen molar-refractivity contribution < 1.29 is 4.79 Å². The fourth-order valence-electron chi connectivity index (χ4n) is 3.16. The molecule has 2 aliphatic rings.